The Kier molecular flexibility index (Phi) is 7.39. The van der Waals surface area contributed by atoms with Crippen LogP contribution < -0.4 is 5.32 Å². The minimum atomic E-state index is -3.76. The summed E-state index contributed by atoms with van der Waals surface area (Å²) in [5.41, 5.74) is 1.59. The molecular weight excluding hydrogens is 450 g/mol. The lowest BCUT2D eigenvalue weighted by Crippen LogP contribution is -2.50. The summed E-state index contributed by atoms with van der Waals surface area (Å²) in [6.07, 6.45) is 0.878. The summed E-state index contributed by atoms with van der Waals surface area (Å²) in [4.78, 5) is 11.4. The van der Waals surface area contributed by atoms with Crippen molar-refractivity contribution in [2.24, 2.45) is 5.92 Å². The van der Waals surface area contributed by atoms with Crippen LogP contribution in [0.25, 0.3) is 0 Å². The molecule has 3 rings (SSSR count). The van der Waals surface area contributed by atoms with E-state index >= 15 is 0 Å². The largest absolute Gasteiger partial charge is 0.326 e. The summed E-state index contributed by atoms with van der Waals surface area (Å²) in [6.45, 7) is 5.89. The Bertz CT molecular complexity index is 1150. The molecule has 0 unspecified atom stereocenters. The maximum Gasteiger partial charge on any atom is 0.243 e. The summed E-state index contributed by atoms with van der Waals surface area (Å²) in [7, 11) is -7.45. The number of hydrogen-bond acceptors (Lipinski definition) is 5. The van der Waals surface area contributed by atoms with Crippen molar-refractivity contribution in [1.29, 1.82) is 0 Å². The second kappa shape index (κ2) is 9.70. The summed E-state index contributed by atoms with van der Waals surface area (Å²) in [5.74, 6) is 0.238. The number of benzene rings is 2. The third-order valence-electron chi connectivity index (χ3n) is 5.22. The number of nitrogens with one attached hydrogen (secondary N) is 1. The van der Waals surface area contributed by atoms with Gasteiger partial charge in [0.1, 0.15) is 0 Å². The number of hydrogen-bond donors (Lipinski definition) is 1. The van der Waals surface area contributed by atoms with Gasteiger partial charge in [0.25, 0.3) is 0 Å². The third-order valence-corrected chi connectivity index (χ3v) is 9.04. The molecule has 1 saturated heterocycles. The van der Waals surface area contributed by atoms with Gasteiger partial charge in [0.15, 0.2) is 0 Å². The van der Waals surface area contributed by atoms with Gasteiger partial charge in [0.05, 0.1) is 9.79 Å². The minimum Gasteiger partial charge on any atom is -0.326 e. The molecule has 0 bridgehead atoms. The van der Waals surface area contributed by atoms with Crippen molar-refractivity contribution >= 4 is 31.6 Å². The number of sulfonamides is 2. The lowest BCUT2D eigenvalue weighted by Gasteiger charge is -2.33. The Morgan fingerprint density at radius 1 is 0.812 bits per heavy atom. The van der Waals surface area contributed by atoms with Crippen LogP contribution in [-0.4, -0.2) is 57.5 Å². The van der Waals surface area contributed by atoms with Gasteiger partial charge in [-0.3, -0.25) is 4.79 Å². The first-order valence-electron chi connectivity index (χ1n) is 10.5. The number of amides is 1. The van der Waals surface area contributed by atoms with E-state index in [9.17, 15) is 21.6 Å². The van der Waals surface area contributed by atoms with Crippen molar-refractivity contribution in [3.8, 4) is 0 Å². The SMILES string of the molecule is CC(=O)Nc1ccc(S(=O)(=O)N2CCN(S(=O)(=O)c3ccc(CC(C)C)cc3)CC2)cc1. The Morgan fingerprint density at radius 3 is 1.59 bits per heavy atom. The van der Waals surface area contributed by atoms with E-state index in [1.54, 1.807) is 12.1 Å². The maximum atomic E-state index is 13.0. The van der Waals surface area contributed by atoms with E-state index in [4.69, 9.17) is 0 Å². The zero-order chi connectivity index (χ0) is 23.5. The van der Waals surface area contributed by atoms with Gasteiger partial charge in [-0.1, -0.05) is 26.0 Å². The first-order chi connectivity index (χ1) is 15.0. The summed E-state index contributed by atoms with van der Waals surface area (Å²) < 4.78 is 54.5. The molecule has 1 heterocycles. The van der Waals surface area contributed by atoms with Crippen molar-refractivity contribution in [1.82, 2.24) is 8.61 Å². The number of rotatable bonds is 7. The van der Waals surface area contributed by atoms with E-state index in [2.05, 4.69) is 19.2 Å². The van der Waals surface area contributed by atoms with Crippen LogP contribution in [0.1, 0.15) is 26.3 Å². The van der Waals surface area contributed by atoms with Gasteiger partial charge in [-0.25, -0.2) is 16.8 Å². The second-order valence-corrected chi connectivity index (χ2v) is 12.1. The molecule has 8 nitrogen and oxygen atoms in total. The first-order valence-corrected chi connectivity index (χ1v) is 13.3. The average Bonchev–Trinajstić information content (AvgIpc) is 2.74. The quantitative estimate of drug-likeness (QED) is 0.657. The number of carbonyl (C=O) groups excluding carboxylic acids is 1. The molecule has 0 aliphatic carbocycles. The molecule has 2 aromatic carbocycles. The molecule has 2 aromatic rings. The fourth-order valence-corrected chi connectivity index (χ4v) is 6.48. The molecule has 10 heteroatoms. The molecule has 0 aromatic heterocycles. The Hall–Kier alpha value is -2.27. The van der Waals surface area contributed by atoms with Crippen LogP contribution in [0, 0.1) is 5.92 Å². The second-order valence-electron chi connectivity index (χ2n) is 8.26. The molecule has 1 aliphatic heterocycles. The number of anilines is 1. The highest BCUT2D eigenvalue weighted by Gasteiger charge is 2.33. The van der Waals surface area contributed by atoms with Gasteiger partial charge in [-0.15, -0.1) is 0 Å². The highest BCUT2D eigenvalue weighted by molar-refractivity contribution is 7.89. The highest BCUT2D eigenvalue weighted by Crippen LogP contribution is 2.23. The van der Waals surface area contributed by atoms with Crippen LogP contribution in [0.2, 0.25) is 0 Å². The van der Waals surface area contributed by atoms with Crippen molar-refractivity contribution < 1.29 is 21.6 Å². The lowest BCUT2D eigenvalue weighted by molar-refractivity contribution is -0.114. The maximum absolute atomic E-state index is 13.0. The summed E-state index contributed by atoms with van der Waals surface area (Å²) in [5, 5.41) is 2.59. The average molecular weight is 480 g/mol. The van der Waals surface area contributed by atoms with E-state index in [0.717, 1.165) is 12.0 Å². The van der Waals surface area contributed by atoms with Gasteiger partial charge < -0.3 is 5.32 Å². The van der Waals surface area contributed by atoms with Gasteiger partial charge in [-0.2, -0.15) is 8.61 Å². The number of piperazine rings is 1. The van der Waals surface area contributed by atoms with E-state index in [1.165, 1.54) is 39.8 Å². The van der Waals surface area contributed by atoms with Gasteiger partial charge in [0, 0.05) is 38.8 Å². The number of nitrogens with zero attached hydrogens (tertiary/aromatic N) is 2. The van der Waals surface area contributed by atoms with Crippen LogP contribution in [-0.2, 0) is 31.3 Å². The van der Waals surface area contributed by atoms with Crippen LogP contribution in [0.4, 0.5) is 5.69 Å². The predicted molar refractivity (Wildman–Crippen MR) is 123 cm³/mol. The predicted octanol–water partition coefficient (Wildman–Crippen LogP) is 2.54. The monoisotopic (exact) mass is 479 g/mol. The van der Waals surface area contributed by atoms with Gasteiger partial charge in [0.2, 0.25) is 26.0 Å². The molecule has 1 aliphatic rings. The standard InChI is InChI=1S/C22H29N3O5S2/c1-17(2)16-19-4-8-21(9-5-19)31(27,28)24-12-14-25(15-13-24)32(29,30)22-10-6-20(7-11-22)23-18(3)26/h4-11,17H,12-16H2,1-3H3,(H,23,26). The molecular formula is C22H29N3O5S2. The molecule has 0 spiro atoms. The smallest absolute Gasteiger partial charge is 0.243 e. The fourth-order valence-electron chi connectivity index (χ4n) is 3.63. The molecule has 1 N–H and O–H groups in total. The lowest BCUT2D eigenvalue weighted by atomic mass is 10.0. The summed E-state index contributed by atoms with van der Waals surface area (Å²) >= 11 is 0. The first kappa shape index (κ1) is 24.4. The van der Waals surface area contributed by atoms with Crippen molar-refractivity contribution in [3.05, 3.63) is 54.1 Å². The molecule has 174 valence electrons. The number of carbonyl (C=O) groups is 1. The molecule has 1 amide bonds. The van der Waals surface area contributed by atoms with E-state index < -0.39 is 20.0 Å². The highest BCUT2D eigenvalue weighted by atomic mass is 32.2. The molecule has 0 atom stereocenters. The van der Waals surface area contributed by atoms with Crippen molar-refractivity contribution in [2.45, 2.75) is 37.0 Å². The molecule has 1 fully saturated rings. The van der Waals surface area contributed by atoms with Crippen LogP contribution in [0.5, 0.6) is 0 Å². The van der Waals surface area contributed by atoms with Crippen LogP contribution in [0.3, 0.4) is 0 Å². The topological polar surface area (TPSA) is 104 Å². The Morgan fingerprint density at radius 2 is 1.22 bits per heavy atom. The van der Waals surface area contributed by atoms with E-state index in [-0.39, 0.29) is 41.9 Å². The van der Waals surface area contributed by atoms with E-state index in [0.29, 0.717) is 11.6 Å². The summed E-state index contributed by atoms with van der Waals surface area (Å²) in [6, 6.07) is 12.8. The molecule has 32 heavy (non-hydrogen) atoms. The Labute approximate surface area is 190 Å². The van der Waals surface area contributed by atoms with Gasteiger partial charge >= 0.3 is 0 Å². The van der Waals surface area contributed by atoms with Crippen LogP contribution in [0.15, 0.2) is 58.3 Å². The zero-order valence-corrected chi connectivity index (χ0v) is 20.1. The Balaban J connectivity index is 1.67. The van der Waals surface area contributed by atoms with Crippen LogP contribution >= 0.6 is 0 Å². The molecule has 0 radical (unpaired) electrons. The zero-order valence-electron chi connectivity index (χ0n) is 18.5. The van der Waals surface area contributed by atoms with Crippen molar-refractivity contribution in [2.75, 3.05) is 31.5 Å². The minimum absolute atomic E-state index is 0.0699. The van der Waals surface area contributed by atoms with Crippen molar-refractivity contribution in [3.63, 3.8) is 0 Å². The third kappa shape index (κ3) is 5.55. The fraction of sp³-hybridized carbons (Fsp3) is 0.409. The normalized spacial score (nSPS) is 16.2. The van der Waals surface area contributed by atoms with Gasteiger partial charge in [-0.05, 0) is 54.3 Å². The van der Waals surface area contributed by atoms with E-state index in [1.807, 2.05) is 12.1 Å². The molecule has 0 saturated carbocycles.